The Kier molecular flexibility index (Phi) is 4.06. The Hall–Kier alpha value is -1.30. The second kappa shape index (κ2) is 5.56. The fraction of sp³-hybridized carbons (Fsp3) is 0.250. The van der Waals surface area contributed by atoms with E-state index in [4.69, 9.17) is 21.8 Å². The normalized spacial score (nSPS) is 10.6. The van der Waals surface area contributed by atoms with Crippen LogP contribution in [0.25, 0.3) is 0 Å². The van der Waals surface area contributed by atoms with E-state index < -0.39 is 0 Å². The molecule has 0 aromatic carbocycles. The van der Waals surface area contributed by atoms with Gasteiger partial charge in [0.15, 0.2) is 5.76 Å². The number of halogens is 1. The van der Waals surface area contributed by atoms with Crippen LogP contribution in [-0.2, 0) is 13.1 Å². The number of nitrogens with two attached hydrogens (primary N) is 1. The van der Waals surface area contributed by atoms with Gasteiger partial charge in [-0.05, 0) is 24.3 Å². The first-order chi connectivity index (χ1) is 8.60. The Balaban J connectivity index is 2.04. The van der Waals surface area contributed by atoms with E-state index in [2.05, 4.69) is 0 Å². The topological polar surface area (TPSA) is 59.5 Å². The second-order valence-electron chi connectivity index (χ2n) is 3.84. The van der Waals surface area contributed by atoms with Gasteiger partial charge in [0.2, 0.25) is 0 Å². The maximum atomic E-state index is 12.0. The van der Waals surface area contributed by atoms with Gasteiger partial charge >= 0.3 is 0 Å². The zero-order valence-electron chi connectivity index (χ0n) is 9.85. The first-order valence-corrected chi connectivity index (χ1v) is 6.58. The summed E-state index contributed by atoms with van der Waals surface area (Å²) in [4.78, 5) is 14.7. The van der Waals surface area contributed by atoms with E-state index in [1.807, 2.05) is 12.1 Å². The third kappa shape index (κ3) is 2.93. The highest BCUT2D eigenvalue weighted by molar-refractivity contribution is 7.16. The zero-order valence-corrected chi connectivity index (χ0v) is 11.4. The molecule has 0 saturated heterocycles. The maximum Gasteiger partial charge on any atom is 0.289 e. The Morgan fingerprint density at radius 1 is 1.44 bits per heavy atom. The number of furan rings is 1. The van der Waals surface area contributed by atoms with Gasteiger partial charge in [-0.25, -0.2) is 0 Å². The summed E-state index contributed by atoms with van der Waals surface area (Å²) in [7, 11) is 1.72. The molecule has 1 amide bonds. The summed E-state index contributed by atoms with van der Waals surface area (Å²) in [5, 5.41) is 0. The second-order valence-corrected chi connectivity index (χ2v) is 5.64. The maximum absolute atomic E-state index is 12.0. The average Bonchev–Trinajstić information content (AvgIpc) is 2.97. The molecule has 0 atom stereocenters. The number of rotatable bonds is 4. The Morgan fingerprint density at radius 2 is 2.22 bits per heavy atom. The molecule has 2 N–H and O–H groups in total. The monoisotopic (exact) mass is 284 g/mol. The van der Waals surface area contributed by atoms with Crippen LogP contribution >= 0.6 is 22.9 Å². The number of carbonyl (C=O) groups is 1. The molecule has 0 spiro atoms. The van der Waals surface area contributed by atoms with Crippen LogP contribution in [0, 0.1) is 0 Å². The molecular weight excluding hydrogens is 272 g/mol. The van der Waals surface area contributed by atoms with E-state index in [0.29, 0.717) is 22.4 Å². The molecule has 4 nitrogen and oxygen atoms in total. The van der Waals surface area contributed by atoms with Gasteiger partial charge in [0.1, 0.15) is 5.76 Å². The van der Waals surface area contributed by atoms with Gasteiger partial charge < -0.3 is 15.1 Å². The summed E-state index contributed by atoms with van der Waals surface area (Å²) in [5.74, 6) is 0.741. The van der Waals surface area contributed by atoms with Crippen molar-refractivity contribution < 1.29 is 9.21 Å². The minimum absolute atomic E-state index is 0.167. The van der Waals surface area contributed by atoms with E-state index in [-0.39, 0.29) is 12.5 Å². The van der Waals surface area contributed by atoms with E-state index >= 15 is 0 Å². The summed E-state index contributed by atoms with van der Waals surface area (Å²) in [6.45, 7) is 0.798. The smallest absolute Gasteiger partial charge is 0.289 e. The molecule has 2 heterocycles. The molecule has 0 radical (unpaired) electrons. The summed E-state index contributed by atoms with van der Waals surface area (Å²) in [6, 6.07) is 7.08. The quantitative estimate of drug-likeness (QED) is 0.939. The van der Waals surface area contributed by atoms with Crippen LogP contribution in [-0.4, -0.2) is 17.9 Å². The Morgan fingerprint density at radius 3 is 2.78 bits per heavy atom. The van der Waals surface area contributed by atoms with Crippen LogP contribution in [0.1, 0.15) is 21.2 Å². The van der Waals surface area contributed by atoms with Gasteiger partial charge in [0, 0.05) is 11.9 Å². The van der Waals surface area contributed by atoms with Crippen LogP contribution in [0.4, 0.5) is 0 Å². The first-order valence-electron chi connectivity index (χ1n) is 5.38. The molecule has 0 fully saturated rings. The lowest BCUT2D eigenvalue weighted by molar-refractivity contribution is 0.0753. The molecule has 0 aliphatic heterocycles. The van der Waals surface area contributed by atoms with Crippen LogP contribution < -0.4 is 5.73 Å². The number of thiophene rings is 1. The molecule has 0 aliphatic rings. The molecule has 2 rings (SSSR count). The van der Waals surface area contributed by atoms with Crippen molar-refractivity contribution in [2.75, 3.05) is 7.05 Å². The number of hydrogen-bond donors (Lipinski definition) is 1. The molecule has 0 unspecified atom stereocenters. The molecule has 2 aromatic rings. The highest BCUT2D eigenvalue weighted by atomic mass is 35.5. The van der Waals surface area contributed by atoms with Crippen molar-refractivity contribution in [3.8, 4) is 0 Å². The number of hydrogen-bond acceptors (Lipinski definition) is 4. The molecule has 18 heavy (non-hydrogen) atoms. The predicted molar refractivity (Wildman–Crippen MR) is 71.7 cm³/mol. The van der Waals surface area contributed by atoms with Crippen molar-refractivity contribution in [2.45, 2.75) is 13.1 Å². The lowest BCUT2D eigenvalue weighted by Gasteiger charge is -2.14. The van der Waals surface area contributed by atoms with Gasteiger partial charge in [-0.1, -0.05) is 11.6 Å². The van der Waals surface area contributed by atoms with Crippen molar-refractivity contribution >= 4 is 28.8 Å². The molecule has 6 heteroatoms. The first kappa shape index (κ1) is 13.1. The van der Waals surface area contributed by atoms with E-state index in [1.54, 1.807) is 24.1 Å². The summed E-state index contributed by atoms with van der Waals surface area (Å²) >= 11 is 7.30. The van der Waals surface area contributed by atoms with Gasteiger partial charge in [0.25, 0.3) is 5.91 Å². The predicted octanol–water partition coefficient (Wildman–Crippen LogP) is 2.73. The lowest BCUT2D eigenvalue weighted by atomic mass is 10.3. The summed E-state index contributed by atoms with van der Waals surface area (Å²) in [6.07, 6.45) is 0. The number of carbonyl (C=O) groups excluding carboxylic acids is 1. The lowest BCUT2D eigenvalue weighted by Crippen LogP contribution is -2.25. The zero-order chi connectivity index (χ0) is 13.1. The largest absolute Gasteiger partial charge is 0.455 e. The van der Waals surface area contributed by atoms with E-state index in [9.17, 15) is 4.79 Å². The standard InChI is InChI=1S/C12H13ClN2O2S/c1-15(7-9-3-5-11(13)18-9)12(16)10-4-2-8(6-14)17-10/h2-5H,6-7,14H2,1H3. The fourth-order valence-electron chi connectivity index (χ4n) is 1.53. The molecular formula is C12H13ClN2O2S. The van der Waals surface area contributed by atoms with Crippen molar-refractivity contribution in [2.24, 2.45) is 5.73 Å². The Labute approximate surface area is 114 Å². The van der Waals surface area contributed by atoms with Gasteiger partial charge in [-0.15, -0.1) is 11.3 Å². The van der Waals surface area contributed by atoms with Crippen LogP contribution in [0.5, 0.6) is 0 Å². The summed E-state index contributed by atoms with van der Waals surface area (Å²) in [5.41, 5.74) is 5.43. The SMILES string of the molecule is CN(Cc1ccc(Cl)s1)C(=O)c1ccc(CN)o1. The van der Waals surface area contributed by atoms with E-state index in [1.165, 1.54) is 11.3 Å². The van der Waals surface area contributed by atoms with Crippen LogP contribution in [0.3, 0.4) is 0 Å². The van der Waals surface area contributed by atoms with Crippen molar-refractivity contribution in [3.63, 3.8) is 0 Å². The van der Waals surface area contributed by atoms with Crippen molar-refractivity contribution in [1.29, 1.82) is 0 Å². The molecule has 0 aliphatic carbocycles. The molecule has 0 saturated carbocycles. The third-order valence-corrected chi connectivity index (χ3v) is 3.66. The highest BCUT2D eigenvalue weighted by Crippen LogP contribution is 2.23. The van der Waals surface area contributed by atoms with Crippen molar-refractivity contribution in [3.05, 3.63) is 45.0 Å². The fourth-order valence-corrected chi connectivity index (χ4v) is 2.67. The van der Waals surface area contributed by atoms with Gasteiger partial charge in [-0.2, -0.15) is 0 Å². The molecule has 2 aromatic heterocycles. The minimum Gasteiger partial charge on any atom is -0.455 e. The number of nitrogens with zero attached hydrogens (tertiary/aromatic N) is 1. The highest BCUT2D eigenvalue weighted by Gasteiger charge is 2.16. The van der Waals surface area contributed by atoms with Crippen LogP contribution in [0.15, 0.2) is 28.7 Å². The number of amides is 1. The molecule has 96 valence electrons. The molecule has 0 bridgehead atoms. The van der Waals surface area contributed by atoms with E-state index in [0.717, 1.165) is 4.88 Å². The van der Waals surface area contributed by atoms with Crippen LogP contribution in [0.2, 0.25) is 4.34 Å². The average molecular weight is 285 g/mol. The third-order valence-electron chi connectivity index (χ3n) is 2.44. The minimum atomic E-state index is -0.167. The van der Waals surface area contributed by atoms with Crippen molar-refractivity contribution in [1.82, 2.24) is 4.90 Å². The Bertz CT molecular complexity index is 550. The van der Waals surface area contributed by atoms with Gasteiger partial charge in [-0.3, -0.25) is 4.79 Å². The summed E-state index contributed by atoms with van der Waals surface area (Å²) < 4.78 is 6.04. The van der Waals surface area contributed by atoms with Gasteiger partial charge in [0.05, 0.1) is 17.4 Å².